The number of hydrogen-bond acceptors (Lipinski definition) is 2. The molecule has 0 aliphatic carbocycles. The largest absolute Gasteiger partial charge is 0.356 e. The second-order valence-corrected chi connectivity index (χ2v) is 5.76. The van der Waals surface area contributed by atoms with Crippen LogP contribution in [0, 0.1) is 3.57 Å². The molecule has 0 spiro atoms. The fraction of sp³-hybridized carbons (Fsp3) is 0.455. The van der Waals surface area contributed by atoms with Gasteiger partial charge < -0.3 is 15.2 Å². The van der Waals surface area contributed by atoms with E-state index in [1.807, 2.05) is 0 Å². The topological polar surface area (TPSA) is 65.2 Å². The SMILES string of the molecule is CN(C)C(=O)C(C)(C)NC(=O)c1cc(I)c[nH]1. The molecule has 17 heavy (non-hydrogen) atoms. The molecule has 1 aromatic rings. The molecule has 1 aromatic heterocycles. The van der Waals surface area contributed by atoms with E-state index in [2.05, 4.69) is 32.9 Å². The Kier molecular flexibility index (Phi) is 4.18. The predicted molar refractivity (Wildman–Crippen MR) is 73.7 cm³/mol. The van der Waals surface area contributed by atoms with E-state index >= 15 is 0 Å². The van der Waals surface area contributed by atoms with Crippen molar-refractivity contribution in [3.05, 3.63) is 21.5 Å². The summed E-state index contributed by atoms with van der Waals surface area (Å²) in [7, 11) is 3.32. The average Bonchev–Trinajstić information content (AvgIpc) is 2.63. The summed E-state index contributed by atoms with van der Waals surface area (Å²) < 4.78 is 0.949. The Hall–Kier alpha value is -1.05. The first-order valence-corrected chi connectivity index (χ1v) is 6.20. The van der Waals surface area contributed by atoms with Crippen LogP contribution >= 0.6 is 22.6 Å². The van der Waals surface area contributed by atoms with E-state index in [4.69, 9.17) is 0 Å². The monoisotopic (exact) mass is 349 g/mol. The van der Waals surface area contributed by atoms with Crippen LogP contribution in [-0.4, -0.2) is 41.3 Å². The van der Waals surface area contributed by atoms with Crippen LogP contribution in [0.25, 0.3) is 0 Å². The lowest BCUT2D eigenvalue weighted by molar-refractivity contribution is -0.134. The van der Waals surface area contributed by atoms with Crippen LogP contribution in [0.5, 0.6) is 0 Å². The van der Waals surface area contributed by atoms with Gasteiger partial charge in [0.05, 0.1) is 0 Å². The molecule has 0 aliphatic heterocycles. The lowest BCUT2D eigenvalue weighted by Gasteiger charge is -2.27. The van der Waals surface area contributed by atoms with E-state index in [0.29, 0.717) is 5.69 Å². The molecule has 0 unspecified atom stereocenters. The van der Waals surface area contributed by atoms with Gasteiger partial charge in [-0.3, -0.25) is 9.59 Å². The highest BCUT2D eigenvalue weighted by molar-refractivity contribution is 14.1. The van der Waals surface area contributed by atoms with Crippen molar-refractivity contribution in [2.75, 3.05) is 14.1 Å². The van der Waals surface area contributed by atoms with E-state index in [1.165, 1.54) is 4.90 Å². The maximum atomic E-state index is 11.9. The number of carbonyl (C=O) groups is 2. The number of aromatic nitrogens is 1. The van der Waals surface area contributed by atoms with E-state index in [0.717, 1.165) is 3.57 Å². The molecule has 94 valence electrons. The fourth-order valence-electron chi connectivity index (χ4n) is 1.46. The Labute approximate surface area is 114 Å². The van der Waals surface area contributed by atoms with Crippen LogP contribution in [0.15, 0.2) is 12.3 Å². The first-order valence-electron chi connectivity index (χ1n) is 5.12. The number of nitrogens with zero attached hydrogens (tertiary/aromatic N) is 1. The Bertz CT molecular complexity index is 438. The van der Waals surface area contributed by atoms with Crippen LogP contribution < -0.4 is 5.32 Å². The second kappa shape index (κ2) is 5.07. The molecule has 2 N–H and O–H groups in total. The summed E-state index contributed by atoms with van der Waals surface area (Å²) in [6.07, 6.45) is 1.73. The molecular formula is C11H16IN3O2. The maximum absolute atomic E-state index is 11.9. The Morgan fingerprint density at radius 1 is 1.41 bits per heavy atom. The minimum absolute atomic E-state index is 0.146. The fourth-order valence-corrected chi connectivity index (χ4v) is 1.93. The molecule has 0 aromatic carbocycles. The molecule has 0 fully saturated rings. The van der Waals surface area contributed by atoms with Crippen LogP contribution in [-0.2, 0) is 4.79 Å². The van der Waals surface area contributed by atoms with Gasteiger partial charge in [-0.25, -0.2) is 0 Å². The molecule has 1 heterocycles. The highest BCUT2D eigenvalue weighted by atomic mass is 127. The Balaban J connectivity index is 2.78. The maximum Gasteiger partial charge on any atom is 0.268 e. The van der Waals surface area contributed by atoms with Crippen LogP contribution in [0.4, 0.5) is 0 Å². The highest BCUT2D eigenvalue weighted by Crippen LogP contribution is 2.10. The quantitative estimate of drug-likeness (QED) is 0.806. The number of rotatable bonds is 3. The van der Waals surface area contributed by atoms with Crippen molar-refractivity contribution in [3.63, 3.8) is 0 Å². The zero-order valence-corrected chi connectivity index (χ0v) is 12.5. The van der Waals surface area contributed by atoms with Crippen LogP contribution in [0.1, 0.15) is 24.3 Å². The van der Waals surface area contributed by atoms with Gasteiger partial charge >= 0.3 is 0 Å². The first-order chi connectivity index (χ1) is 7.74. The summed E-state index contributed by atoms with van der Waals surface area (Å²) in [6, 6.07) is 1.73. The Morgan fingerprint density at radius 3 is 2.41 bits per heavy atom. The van der Waals surface area contributed by atoms with Crippen molar-refractivity contribution in [2.24, 2.45) is 0 Å². The van der Waals surface area contributed by atoms with Gasteiger partial charge in [-0.1, -0.05) is 0 Å². The van der Waals surface area contributed by atoms with Gasteiger partial charge in [0.25, 0.3) is 5.91 Å². The van der Waals surface area contributed by atoms with Crippen LogP contribution in [0.3, 0.4) is 0 Å². The number of hydrogen-bond donors (Lipinski definition) is 2. The molecule has 5 nitrogen and oxygen atoms in total. The third kappa shape index (κ3) is 3.45. The molecule has 0 bridgehead atoms. The molecule has 0 aliphatic rings. The number of amides is 2. The predicted octanol–water partition coefficient (Wildman–Crippen LogP) is 1.22. The molecule has 1 rings (SSSR count). The van der Waals surface area contributed by atoms with Gasteiger partial charge in [0, 0.05) is 23.9 Å². The van der Waals surface area contributed by atoms with E-state index < -0.39 is 5.54 Å². The molecule has 0 atom stereocenters. The van der Waals surface area contributed by atoms with Crippen molar-refractivity contribution in [2.45, 2.75) is 19.4 Å². The van der Waals surface area contributed by atoms with Crippen molar-refractivity contribution in [1.82, 2.24) is 15.2 Å². The zero-order chi connectivity index (χ0) is 13.2. The highest BCUT2D eigenvalue weighted by Gasteiger charge is 2.31. The summed E-state index contributed by atoms with van der Waals surface area (Å²) in [6.45, 7) is 3.36. The molecule has 2 amide bonds. The number of likely N-dealkylation sites (N-methyl/N-ethyl adjacent to an activating group) is 1. The van der Waals surface area contributed by atoms with Gasteiger partial charge in [-0.2, -0.15) is 0 Å². The summed E-state index contributed by atoms with van der Waals surface area (Å²) in [5, 5.41) is 2.70. The van der Waals surface area contributed by atoms with E-state index in [-0.39, 0.29) is 11.8 Å². The lowest BCUT2D eigenvalue weighted by atomic mass is 10.0. The smallest absolute Gasteiger partial charge is 0.268 e. The second-order valence-electron chi connectivity index (χ2n) is 4.51. The summed E-state index contributed by atoms with van der Waals surface area (Å²) in [5.74, 6) is -0.430. The minimum atomic E-state index is -0.920. The van der Waals surface area contributed by atoms with Crippen molar-refractivity contribution < 1.29 is 9.59 Å². The molecule has 0 saturated carbocycles. The van der Waals surface area contributed by atoms with Crippen molar-refractivity contribution in [3.8, 4) is 0 Å². The lowest BCUT2D eigenvalue weighted by Crippen LogP contribution is -2.54. The molecule has 0 saturated heterocycles. The van der Waals surface area contributed by atoms with Gasteiger partial charge in [0.1, 0.15) is 11.2 Å². The third-order valence-corrected chi connectivity index (χ3v) is 2.88. The molecule has 0 radical (unpaired) electrons. The normalized spacial score (nSPS) is 11.1. The third-order valence-electron chi connectivity index (χ3n) is 2.26. The van der Waals surface area contributed by atoms with E-state index in [9.17, 15) is 9.59 Å². The van der Waals surface area contributed by atoms with Gasteiger partial charge in [-0.15, -0.1) is 0 Å². The number of nitrogens with one attached hydrogen (secondary N) is 2. The molecular weight excluding hydrogens is 333 g/mol. The Morgan fingerprint density at radius 2 is 2.00 bits per heavy atom. The summed E-state index contributed by atoms with van der Waals surface area (Å²) in [5.41, 5.74) is -0.467. The summed E-state index contributed by atoms with van der Waals surface area (Å²) >= 11 is 2.11. The van der Waals surface area contributed by atoms with E-state index in [1.54, 1.807) is 40.2 Å². The van der Waals surface area contributed by atoms with Gasteiger partial charge in [0.2, 0.25) is 5.91 Å². The minimum Gasteiger partial charge on any atom is -0.356 e. The van der Waals surface area contributed by atoms with Crippen molar-refractivity contribution >= 4 is 34.4 Å². The van der Waals surface area contributed by atoms with Gasteiger partial charge in [0.15, 0.2) is 0 Å². The first kappa shape index (κ1) is 14.0. The van der Waals surface area contributed by atoms with Crippen LogP contribution in [0.2, 0.25) is 0 Å². The standard InChI is InChI=1S/C11H16IN3O2/c1-11(2,10(17)15(3)4)14-9(16)8-5-7(12)6-13-8/h5-6,13H,1-4H3,(H,14,16). The number of halogens is 1. The number of carbonyl (C=O) groups excluding carboxylic acids is 2. The summed E-state index contributed by atoms with van der Waals surface area (Å²) in [4.78, 5) is 28.0. The molecule has 6 heteroatoms. The number of aromatic amines is 1. The zero-order valence-electron chi connectivity index (χ0n) is 10.3. The average molecular weight is 349 g/mol. The number of H-pyrrole nitrogens is 1. The van der Waals surface area contributed by atoms with Gasteiger partial charge in [-0.05, 0) is 42.5 Å². The van der Waals surface area contributed by atoms with Crippen molar-refractivity contribution in [1.29, 1.82) is 0 Å².